The third-order valence-corrected chi connectivity index (χ3v) is 2.45. The zero-order chi connectivity index (χ0) is 10.0. The molecule has 1 aromatic heterocycles. The van der Waals surface area contributed by atoms with Gasteiger partial charge in [-0.3, -0.25) is 0 Å². The number of hydrogen-bond donors (Lipinski definition) is 2. The molecule has 13 heavy (non-hydrogen) atoms. The Labute approximate surface area is 81.6 Å². The predicted octanol–water partition coefficient (Wildman–Crippen LogP) is 1.25. The van der Waals surface area contributed by atoms with Crippen molar-refractivity contribution in [2.45, 2.75) is 12.3 Å². The van der Waals surface area contributed by atoms with Crippen LogP contribution in [0.3, 0.4) is 0 Å². The van der Waals surface area contributed by atoms with E-state index in [1.54, 1.807) is 0 Å². The molecule has 0 saturated carbocycles. The smallest absolute Gasteiger partial charge is 0.341 e. The maximum absolute atomic E-state index is 12.7. The van der Waals surface area contributed by atoms with Crippen molar-refractivity contribution in [1.82, 2.24) is 4.98 Å². The molecule has 72 valence electrons. The number of carboxylic acid groups (broad SMARTS) is 1. The van der Waals surface area contributed by atoms with Gasteiger partial charge in [-0.15, -0.1) is 11.3 Å². The summed E-state index contributed by atoms with van der Waals surface area (Å²) in [5.41, 5.74) is 0. The molecule has 7 heteroatoms. The second-order valence-electron chi connectivity index (χ2n) is 2.19. The molecule has 0 fully saturated rings. The number of aliphatic carboxylic acids is 1. The highest BCUT2D eigenvalue weighted by Crippen LogP contribution is 2.26. The van der Waals surface area contributed by atoms with E-state index >= 15 is 0 Å². The highest BCUT2D eigenvalue weighted by molar-refractivity contribution is 7.15. The molecule has 0 aliphatic carbocycles. The Bertz CT molecular complexity index is 319. The number of rotatable bonds is 3. The van der Waals surface area contributed by atoms with Gasteiger partial charge in [-0.25, -0.2) is 14.2 Å². The minimum absolute atomic E-state index is 0.0418. The number of aromatic nitrogens is 1. The van der Waals surface area contributed by atoms with Crippen LogP contribution < -0.4 is 0 Å². The molecule has 4 nitrogen and oxygen atoms in total. The molecule has 1 aromatic rings. The molecule has 0 amide bonds. The average Bonchev–Trinajstić information content (AvgIpc) is 2.49. The summed E-state index contributed by atoms with van der Waals surface area (Å²) in [4.78, 5) is 13.7. The molecule has 0 bridgehead atoms. The van der Waals surface area contributed by atoms with Crippen LogP contribution in [-0.4, -0.2) is 27.3 Å². The van der Waals surface area contributed by atoms with E-state index in [2.05, 4.69) is 4.98 Å². The SMILES string of the molecule is O=C(O)C(F)C(O)c1ncc(Cl)s1. The van der Waals surface area contributed by atoms with Gasteiger partial charge in [0.2, 0.25) is 6.17 Å². The number of alkyl halides is 1. The second-order valence-corrected chi connectivity index (χ2v) is 3.88. The van der Waals surface area contributed by atoms with E-state index in [4.69, 9.17) is 21.8 Å². The molecule has 0 aliphatic rings. The van der Waals surface area contributed by atoms with Gasteiger partial charge in [-0.05, 0) is 0 Å². The molecule has 1 rings (SSSR count). The van der Waals surface area contributed by atoms with Gasteiger partial charge >= 0.3 is 5.97 Å². The largest absolute Gasteiger partial charge is 0.479 e. The Morgan fingerprint density at radius 3 is 2.77 bits per heavy atom. The van der Waals surface area contributed by atoms with E-state index in [-0.39, 0.29) is 9.34 Å². The summed E-state index contributed by atoms with van der Waals surface area (Å²) in [7, 11) is 0. The number of aliphatic hydroxyl groups is 1. The maximum atomic E-state index is 12.7. The summed E-state index contributed by atoms with van der Waals surface area (Å²) in [6.07, 6.45) is -2.91. The van der Waals surface area contributed by atoms with E-state index in [0.717, 1.165) is 11.3 Å². The summed E-state index contributed by atoms with van der Waals surface area (Å²) < 4.78 is 13.0. The van der Waals surface area contributed by atoms with E-state index in [9.17, 15) is 9.18 Å². The minimum Gasteiger partial charge on any atom is -0.479 e. The van der Waals surface area contributed by atoms with Gasteiger partial charge < -0.3 is 10.2 Å². The number of aliphatic hydroxyl groups excluding tert-OH is 1. The van der Waals surface area contributed by atoms with E-state index in [0.29, 0.717) is 0 Å². The zero-order valence-corrected chi connectivity index (χ0v) is 7.72. The van der Waals surface area contributed by atoms with E-state index in [1.807, 2.05) is 0 Å². The molecule has 0 spiro atoms. The zero-order valence-electron chi connectivity index (χ0n) is 6.15. The summed E-state index contributed by atoms with van der Waals surface area (Å²) in [6, 6.07) is 0. The molecule has 0 aliphatic heterocycles. The van der Waals surface area contributed by atoms with Crippen LogP contribution in [0.4, 0.5) is 4.39 Å². The van der Waals surface area contributed by atoms with Crippen molar-refractivity contribution >= 4 is 28.9 Å². The third kappa shape index (κ3) is 2.36. The predicted molar refractivity (Wildman–Crippen MR) is 44.6 cm³/mol. The monoisotopic (exact) mass is 225 g/mol. The fraction of sp³-hybridized carbons (Fsp3) is 0.333. The van der Waals surface area contributed by atoms with Gasteiger partial charge in [-0.2, -0.15) is 0 Å². The lowest BCUT2D eigenvalue weighted by Crippen LogP contribution is -2.22. The molecule has 0 saturated heterocycles. The molecule has 1 heterocycles. The van der Waals surface area contributed by atoms with Crippen LogP contribution in [0.2, 0.25) is 4.34 Å². The number of carboxylic acids is 1. The van der Waals surface area contributed by atoms with Crippen LogP contribution in [0.15, 0.2) is 6.20 Å². The molecular weight excluding hydrogens is 221 g/mol. The van der Waals surface area contributed by atoms with E-state index in [1.165, 1.54) is 6.20 Å². The Balaban J connectivity index is 2.78. The summed E-state index contributed by atoms with van der Waals surface area (Å²) in [5, 5.41) is 17.3. The highest BCUT2D eigenvalue weighted by Gasteiger charge is 2.29. The Morgan fingerprint density at radius 1 is 1.77 bits per heavy atom. The van der Waals surface area contributed by atoms with E-state index < -0.39 is 18.2 Å². The van der Waals surface area contributed by atoms with Crippen LogP contribution in [0.25, 0.3) is 0 Å². The standard InChI is InChI=1S/C6H5ClFNO3S/c7-2-1-9-5(13-2)4(10)3(8)6(11)12/h1,3-4,10H,(H,11,12). The fourth-order valence-electron chi connectivity index (χ4n) is 0.664. The highest BCUT2D eigenvalue weighted by atomic mass is 35.5. The van der Waals surface area contributed by atoms with Crippen molar-refractivity contribution in [1.29, 1.82) is 0 Å². The van der Waals surface area contributed by atoms with Crippen molar-refractivity contribution in [3.63, 3.8) is 0 Å². The van der Waals surface area contributed by atoms with Crippen LogP contribution in [-0.2, 0) is 4.79 Å². The van der Waals surface area contributed by atoms with Gasteiger partial charge in [-0.1, -0.05) is 11.6 Å². The van der Waals surface area contributed by atoms with Gasteiger partial charge in [0.05, 0.1) is 6.20 Å². The van der Waals surface area contributed by atoms with Gasteiger partial charge in [0.25, 0.3) is 0 Å². The number of hydrogen-bond acceptors (Lipinski definition) is 4. The van der Waals surface area contributed by atoms with Crippen LogP contribution >= 0.6 is 22.9 Å². The first kappa shape index (κ1) is 10.4. The normalized spacial score (nSPS) is 15.3. The van der Waals surface area contributed by atoms with Crippen LogP contribution in [0.5, 0.6) is 0 Å². The van der Waals surface area contributed by atoms with Crippen molar-refractivity contribution in [2.75, 3.05) is 0 Å². The number of carbonyl (C=O) groups is 1. The second kappa shape index (κ2) is 3.99. The number of nitrogens with zero attached hydrogens (tertiary/aromatic N) is 1. The molecular formula is C6H5ClFNO3S. The Morgan fingerprint density at radius 2 is 2.38 bits per heavy atom. The Hall–Kier alpha value is -0.720. The van der Waals surface area contributed by atoms with Gasteiger partial charge in [0.15, 0.2) is 0 Å². The number of halogens is 2. The molecule has 0 radical (unpaired) electrons. The summed E-state index contributed by atoms with van der Waals surface area (Å²) >= 11 is 6.31. The molecule has 2 unspecified atom stereocenters. The van der Waals surface area contributed by atoms with Crippen molar-refractivity contribution in [2.24, 2.45) is 0 Å². The maximum Gasteiger partial charge on any atom is 0.341 e. The Kier molecular flexibility index (Phi) is 3.18. The summed E-state index contributed by atoms with van der Waals surface area (Å²) in [6.45, 7) is 0. The summed E-state index contributed by atoms with van der Waals surface area (Å²) in [5.74, 6) is -1.72. The van der Waals surface area contributed by atoms with Crippen molar-refractivity contribution in [3.8, 4) is 0 Å². The lowest BCUT2D eigenvalue weighted by atomic mass is 10.2. The quantitative estimate of drug-likeness (QED) is 0.812. The van der Waals surface area contributed by atoms with Crippen LogP contribution in [0.1, 0.15) is 11.1 Å². The molecule has 0 aromatic carbocycles. The minimum atomic E-state index is -2.37. The van der Waals surface area contributed by atoms with Crippen molar-refractivity contribution in [3.05, 3.63) is 15.5 Å². The first-order valence-corrected chi connectivity index (χ1v) is 4.38. The fourth-order valence-corrected chi connectivity index (χ4v) is 1.60. The topological polar surface area (TPSA) is 70.4 Å². The van der Waals surface area contributed by atoms with Crippen LogP contribution in [0, 0.1) is 0 Å². The van der Waals surface area contributed by atoms with Crippen molar-refractivity contribution < 1.29 is 19.4 Å². The molecule has 2 N–H and O–H groups in total. The third-order valence-electron chi connectivity index (χ3n) is 1.26. The van der Waals surface area contributed by atoms with Gasteiger partial charge in [0.1, 0.15) is 15.4 Å². The lowest BCUT2D eigenvalue weighted by Gasteiger charge is -2.07. The first-order chi connectivity index (χ1) is 6.02. The van der Waals surface area contributed by atoms with Gasteiger partial charge in [0, 0.05) is 0 Å². The molecule has 2 atom stereocenters. The lowest BCUT2D eigenvalue weighted by molar-refractivity contribution is -0.147. The average molecular weight is 226 g/mol. The first-order valence-electron chi connectivity index (χ1n) is 3.18. The number of thiazole rings is 1.